The number of sulfonamides is 1. The van der Waals surface area contributed by atoms with E-state index in [9.17, 15) is 13.2 Å². The lowest BCUT2D eigenvalue weighted by atomic mass is 10.1. The van der Waals surface area contributed by atoms with Crippen LogP contribution in [0.15, 0.2) is 41.3 Å². The molecule has 11 heteroatoms. The number of aryl methyl sites for hydroxylation is 2. The summed E-state index contributed by atoms with van der Waals surface area (Å²) >= 11 is 1.51. The summed E-state index contributed by atoms with van der Waals surface area (Å²) in [5.41, 5.74) is 3.67. The molecule has 2 saturated heterocycles. The van der Waals surface area contributed by atoms with Crippen LogP contribution in [-0.2, 0) is 19.5 Å². The molecule has 0 N–H and O–H groups in total. The van der Waals surface area contributed by atoms with Crippen molar-refractivity contribution in [1.82, 2.24) is 14.2 Å². The van der Waals surface area contributed by atoms with Gasteiger partial charge in [0.1, 0.15) is 0 Å². The number of hydrogen-bond donors (Lipinski definition) is 0. The lowest BCUT2D eigenvalue weighted by Gasteiger charge is -2.28. The summed E-state index contributed by atoms with van der Waals surface area (Å²) in [5.74, 6) is -0.185. The van der Waals surface area contributed by atoms with Gasteiger partial charge in [0.25, 0.3) is 5.91 Å². The zero-order valence-corrected chi connectivity index (χ0v) is 23.5. The summed E-state index contributed by atoms with van der Waals surface area (Å²) in [4.78, 5) is 22.9. The highest BCUT2D eigenvalue weighted by molar-refractivity contribution is 7.89. The number of morpholine rings is 2. The van der Waals surface area contributed by atoms with E-state index in [0.29, 0.717) is 43.5 Å². The molecule has 5 rings (SSSR count). The molecular formula is C27H34N4O5S2. The van der Waals surface area contributed by atoms with Gasteiger partial charge in [-0.15, -0.1) is 0 Å². The Morgan fingerprint density at radius 3 is 2.29 bits per heavy atom. The number of rotatable bonds is 8. The Hall–Kier alpha value is -2.41. The molecule has 1 amide bonds. The fourth-order valence-corrected chi connectivity index (χ4v) is 7.18. The number of carbonyl (C=O) groups is 1. The highest BCUT2D eigenvalue weighted by Gasteiger charge is 2.27. The van der Waals surface area contributed by atoms with Gasteiger partial charge in [0.15, 0.2) is 5.13 Å². The quantitative estimate of drug-likeness (QED) is 0.419. The Labute approximate surface area is 228 Å². The van der Waals surface area contributed by atoms with Crippen LogP contribution >= 0.6 is 11.3 Å². The molecule has 2 aliphatic heterocycles. The van der Waals surface area contributed by atoms with Crippen LogP contribution in [0.5, 0.6) is 0 Å². The van der Waals surface area contributed by atoms with Crippen molar-refractivity contribution in [3.63, 3.8) is 0 Å². The third-order valence-electron chi connectivity index (χ3n) is 7.14. The number of anilines is 1. The van der Waals surface area contributed by atoms with Crippen molar-refractivity contribution >= 4 is 42.6 Å². The molecule has 1 aromatic heterocycles. The second-order valence-electron chi connectivity index (χ2n) is 9.71. The number of nitrogens with zero attached hydrogens (tertiary/aromatic N) is 4. The van der Waals surface area contributed by atoms with Gasteiger partial charge in [0.2, 0.25) is 10.0 Å². The van der Waals surface area contributed by atoms with Gasteiger partial charge in [-0.05, 0) is 67.8 Å². The average Bonchev–Trinajstić information content (AvgIpc) is 3.34. The number of benzene rings is 2. The van der Waals surface area contributed by atoms with E-state index in [4.69, 9.17) is 14.5 Å². The van der Waals surface area contributed by atoms with Crippen LogP contribution in [0.3, 0.4) is 0 Å². The lowest BCUT2D eigenvalue weighted by molar-refractivity contribution is 0.0376. The Kier molecular flexibility index (Phi) is 8.41. The van der Waals surface area contributed by atoms with Crippen LogP contribution < -0.4 is 4.90 Å². The number of thiazole rings is 1. The highest BCUT2D eigenvalue weighted by atomic mass is 32.2. The Morgan fingerprint density at radius 1 is 0.974 bits per heavy atom. The molecule has 3 heterocycles. The van der Waals surface area contributed by atoms with E-state index >= 15 is 0 Å². The molecular weight excluding hydrogens is 524 g/mol. The molecule has 0 atom stereocenters. The van der Waals surface area contributed by atoms with E-state index < -0.39 is 10.0 Å². The molecule has 9 nitrogen and oxygen atoms in total. The van der Waals surface area contributed by atoms with E-state index in [1.807, 2.05) is 0 Å². The summed E-state index contributed by atoms with van der Waals surface area (Å²) < 4.78 is 39.3. The number of amides is 1. The first-order valence-electron chi connectivity index (χ1n) is 13.0. The van der Waals surface area contributed by atoms with Crippen LogP contribution in [0.1, 0.15) is 27.9 Å². The van der Waals surface area contributed by atoms with E-state index in [0.717, 1.165) is 55.0 Å². The van der Waals surface area contributed by atoms with Crippen LogP contribution in [-0.4, -0.2) is 94.2 Å². The van der Waals surface area contributed by atoms with Crippen molar-refractivity contribution in [2.75, 3.05) is 70.6 Å². The van der Waals surface area contributed by atoms with Crippen molar-refractivity contribution < 1.29 is 22.7 Å². The topological polar surface area (TPSA) is 92.3 Å². The van der Waals surface area contributed by atoms with Crippen molar-refractivity contribution in [1.29, 1.82) is 0 Å². The summed E-state index contributed by atoms with van der Waals surface area (Å²) in [7, 11) is -3.63. The standard InChI is InChI=1S/C27H34N4O5S2/c1-20-18-24-25(19-21(20)2)37-27(28-24)31(9-3-8-29-10-14-35-15-11-29)26(32)22-4-6-23(7-5-22)38(33,34)30-12-16-36-17-13-30/h4-7,18-19H,3,8-17H2,1-2H3. The lowest BCUT2D eigenvalue weighted by Crippen LogP contribution is -2.40. The number of ether oxygens (including phenoxy) is 2. The number of fused-ring (bicyclic) bond motifs is 1. The minimum Gasteiger partial charge on any atom is -0.379 e. The molecule has 0 unspecified atom stereocenters. The summed E-state index contributed by atoms with van der Waals surface area (Å²) in [5, 5.41) is 0.655. The van der Waals surface area contributed by atoms with Crippen molar-refractivity contribution in [2.24, 2.45) is 0 Å². The number of hydrogen-bond acceptors (Lipinski definition) is 8. The van der Waals surface area contributed by atoms with Crippen LogP contribution in [0.4, 0.5) is 5.13 Å². The van der Waals surface area contributed by atoms with Gasteiger partial charge in [0.05, 0.1) is 41.5 Å². The summed E-state index contributed by atoms with van der Waals surface area (Å²) in [6, 6.07) is 10.4. The first kappa shape index (κ1) is 27.2. The molecule has 2 aliphatic rings. The third-order valence-corrected chi connectivity index (χ3v) is 10.1. The second kappa shape index (κ2) is 11.8. The summed E-state index contributed by atoms with van der Waals surface area (Å²) in [6.45, 7) is 10.2. The molecule has 0 aliphatic carbocycles. The average molecular weight is 559 g/mol. The van der Waals surface area contributed by atoms with Gasteiger partial charge < -0.3 is 9.47 Å². The predicted molar refractivity (Wildman–Crippen MR) is 149 cm³/mol. The monoisotopic (exact) mass is 558 g/mol. The molecule has 3 aromatic rings. The first-order valence-corrected chi connectivity index (χ1v) is 15.3. The Balaban J connectivity index is 1.38. The predicted octanol–water partition coefficient (Wildman–Crippen LogP) is 3.30. The van der Waals surface area contributed by atoms with E-state index in [2.05, 4.69) is 30.9 Å². The molecule has 0 saturated carbocycles. The number of aromatic nitrogens is 1. The van der Waals surface area contributed by atoms with Crippen molar-refractivity contribution in [2.45, 2.75) is 25.2 Å². The summed E-state index contributed by atoms with van der Waals surface area (Å²) in [6.07, 6.45) is 0.795. The van der Waals surface area contributed by atoms with Gasteiger partial charge in [-0.25, -0.2) is 13.4 Å². The SMILES string of the molecule is Cc1cc2nc(N(CCCN3CCOCC3)C(=O)c3ccc(S(=O)(=O)N4CCOCC4)cc3)sc2cc1C. The third kappa shape index (κ3) is 5.93. The molecule has 0 spiro atoms. The van der Waals surface area contributed by atoms with Gasteiger partial charge in [-0.2, -0.15) is 4.31 Å². The Morgan fingerprint density at radius 2 is 1.61 bits per heavy atom. The van der Waals surface area contributed by atoms with Crippen LogP contribution in [0.25, 0.3) is 10.2 Å². The van der Waals surface area contributed by atoms with Crippen LogP contribution in [0, 0.1) is 13.8 Å². The second-order valence-corrected chi connectivity index (χ2v) is 12.7. The first-order chi connectivity index (χ1) is 18.3. The minimum atomic E-state index is -3.63. The zero-order valence-electron chi connectivity index (χ0n) is 21.9. The molecule has 0 bridgehead atoms. The number of carbonyl (C=O) groups excluding carboxylic acids is 1. The largest absolute Gasteiger partial charge is 0.379 e. The van der Waals surface area contributed by atoms with E-state index in [-0.39, 0.29) is 10.8 Å². The van der Waals surface area contributed by atoms with Crippen molar-refractivity contribution in [3.05, 3.63) is 53.1 Å². The van der Waals surface area contributed by atoms with Gasteiger partial charge in [-0.3, -0.25) is 14.6 Å². The van der Waals surface area contributed by atoms with Gasteiger partial charge in [0, 0.05) is 44.8 Å². The molecule has 2 aromatic carbocycles. The maximum absolute atomic E-state index is 13.8. The van der Waals surface area contributed by atoms with Crippen molar-refractivity contribution in [3.8, 4) is 0 Å². The molecule has 204 valence electrons. The zero-order chi connectivity index (χ0) is 26.7. The highest BCUT2D eigenvalue weighted by Crippen LogP contribution is 2.32. The maximum Gasteiger partial charge on any atom is 0.260 e. The smallest absolute Gasteiger partial charge is 0.260 e. The maximum atomic E-state index is 13.8. The molecule has 0 radical (unpaired) electrons. The minimum absolute atomic E-state index is 0.181. The van der Waals surface area contributed by atoms with Gasteiger partial charge >= 0.3 is 0 Å². The normalized spacial score (nSPS) is 17.6. The fraction of sp³-hybridized carbons (Fsp3) is 0.481. The Bertz CT molecular complexity index is 1340. The van der Waals surface area contributed by atoms with E-state index in [1.165, 1.54) is 33.3 Å². The van der Waals surface area contributed by atoms with Gasteiger partial charge in [-0.1, -0.05) is 11.3 Å². The van der Waals surface area contributed by atoms with E-state index in [1.54, 1.807) is 17.0 Å². The van der Waals surface area contributed by atoms with Crippen LogP contribution in [0.2, 0.25) is 0 Å². The fourth-order valence-electron chi connectivity index (χ4n) is 4.71. The molecule has 2 fully saturated rings. The molecule has 38 heavy (non-hydrogen) atoms.